The molecule has 4 rings (SSSR count). The number of rotatable bonds is 11. The quantitative estimate of drug-likeness (QED) is 0.311. The van der Waals surface area contributed by atoms with E-state index in [9.17, 15) is 28.5 Å². The molecule has 0 spiro atoms. The summed E-state index contributed by atoms with van der Waals surface area (Å²) in [5.41, 5.74) is 2.01. The van der Waals surface area contributed by atoms with Crippen LogP contribution in [0, 0.1) is 22.9 Å². The third-order valence-corrected chi connectivity index (χ3v) is 7.89. The molecule has 0 radical (unpaired) electrons. The van der Waals surface area contributed by atoms with E-state index in [1.165, 1.54) is 0 Å². The Labute approximate surface area is 220 Å². The molecule has 9 heteroatoms. The van der Waals surface area contributed by atoms with Gasteiger partial charge in [0.1, 0.15) is 5.75 Å². The van der Waals surface area contributed by atoms with Gasteiger partial charge in [-0.25, -0.2) is 13.2 Å². The maximum absolute atomic E-state index is 13.4. The van der Waals surface area contributed by atoms with Crippen LogP contribution in [-0.2, 0) is 13.0 Å². The van der Waals surface area contributed by atoms with E-state index in [0.717, 1.165) is 50.0 Å². The Balaban J connectivity index is 1.34. The number of fused-ring (bicyclic) bond motifs is 1. The van der Waals surface area contributed by atoms with E-state index < -0.39 is 23.6 Å². The molecule has 1 unspecified atom stereocenters. The first-order valence-electron chi connectivity index (χ1n) is 13.0. The molecule has 0 saturated carbocycles. The normalized spacial score (nSPS) is 16.6. The van der Waals surface area contributed by atoms with Crippen LogP contribution in [0.3, 0.4) is 0 Å². The number of hydrogen-bond acceptors (Lipinski definition) is 6. The van der Waals surface area contributed by atoms with Gasteiger partial charge in [-0.1, -0.05) is 0 Å². The van der Waals surface area contributed by atoms with Crippen molar-refractivity contribution in [2.45, 2.75) is 51.2 Å². The number of ether oxygens (including phenoxy) is 1. The third-order valence-electron chi connectivity index (χ3n) is 7.89. The zero-order valence-electron chi connectivity index (χ0n) is 21.6. The largest absolute Gasteiger partial charge is 0.497 e. The van der Waals surface area contributed by atoms with E-state index in [1.807, 2.05) is 12.1 Å². The molecular weight excluding hydrogens is 497 g/mol. The van der Waals surface area contributed by atoms with Crippen LogP contribution in [0.15, 0.2) is 36.5 Å². The number of likely N-dealkylation sites (tertiary alicyclic amines) is 1. The number of aromatic nitrogens is 1. The van der Waals surface area contributed by atoms with Gasteiger partial charge in [0.05, 0.1) is 25.3 Å². The van der Waals surface area contributed by atoms with E-state index in [0.29, 0.717) is 53.6 Å². The second-order valence-corrected chi connectivity index (χ2v) is 10.3. The predicted molar refractivity (Wildman–Crippen MR) is 138 cm³/mol. The van der Waals surface area contributed by atoms with Gasteiger partial charge in [0, 0.05) is 23.8 Å². The smallest absolute Gasteiger partial charge is 0.194 e. The van der Waals surface area contributed by atoms with Crippen molar-refractivity contribution in [2.24, 2.45) is 5.41 Å². The average molecular weight is 533 g/mol. The van der Waals surface area contributed by atoms with Crippen molar-refractivity contribution in [1.29, 1.82) is 0 Å². The summed E-state index contributed by atoms with van der Waals surface area (Å²) >= 11 is 0. The number of halogens is 3. The van der Waals surface area contributed by atoms with Crippen LogP contribution >= 0.6 is 0 Å². The Morgan fingerprint density at radius 3 is 2.42 bits per heavy atom. The standard InChI is InChI=1S/C29H35F3N2O4/c1-38-21-4-5-25-22(15-21)27(20(17-35)16-33-25)26(37)6-7-29(18-36)8-11-34(12-9-29)10-2-3-19-13-23(30)28(32)24(31)14-19/h4-5,13-16,26,35-37H,2-3,6-12,17-18H2,1H3. The van der Waals surface area contributed by atoms with Crippen LogP contribution in [0.25, 0.3) is 10.9 Å². The lowest BCUT2D eigenvalue weighted by atomic mass is 9.74. The van der Waals surface area contributed by atoms with Crippen molar-refractivity contribution in [3.05, 3.63) is 70.7 Å². The van der Waals surface area contributed by atoms with Crippen molar-refractivity contribution in [1.82, 2.24) is 9.88 Å². The number of piperidine rings is 1. The number of aliphatic hydroxyl groups excluding tert-OH is 3. The van der Waals surface area contributed by atoms with Crippen LogP contribution in [-0.4, -0.2) is 58.6 Å². The van der Waals surface area contributed by atoms with Gasteiger partial charge in [-0.15, -0.1) is 0 Å². The monoisotopic (exact) mass is 532 g/mol. The summed E-state index contributed by atoms with van der Waals surface area (Å²) < 4.78 is 45.4. The molecule has 0 bridgehead atoms. The van der Waals surface area contributed by atoms with Crippen LogP contribution in [0.2, 0.25) is 0 Å². The molecule has 3 N–H and O–H groups in total. The van der Waals surface area contributed by atoms with Gasteiger partial charge in [0.15, 0.2) is 17.5 Å². The van der Waals surface area contributed by atoms with Crippen molar-refractivity contribution in [2.75, 3.05) is 33.4 Å². The lowest BCUT2D eigenvalue weighted by Crippen LogP contribution is -2.42. The molecule has 1 aliphatic heterocycles. The topological polar surface area (TPSA) is 86.0 Å². The summed E-state index contributed by atoms with van der Waals surface area (Å²) in [5, 5.41) is 32.1. The minimum atomic E-state index is -1.44. The minimum absolute atomic E-state index is 0.0134. The van der Waals surface area contributed by atoms with Gasteiger partial charge in [-0.2, -0.15) is 0 Å². The molecule has 0 amide bonds. The van der Waals surface area contributed by atoms with Gasteiger partial charge >= 0.3 is 0 Å². The molecule has 38 heavy (non-hydrogen) atoms. The Kier molecular flexibility index (Phi) is 9.25. The molecule has 1 saturated heterocycles. The number of hydrogen-bond donors (Lipinski definition) is 3. The van der Waals surface area contributed by atoms with Crippen LogP contribution in [0.1, 0.15) is 54.9 Å². The molecule has 2 aromatic carbocycles. The number of nitrogens with zero attached hydrogens (tertiary/aromatic N) is 2. The summed E-state index contributed by atoms with van der Waals surface area (Å²) in [4.78, 5) is 6.65. The minimum Gasteiger partial charge on any atom is -0.497 e. The molecule has 6 nitrogen and oxygen atoms in total. The fourth-order valence-corrected chi connectivity index (χ4v) is 5.46. The zero-order chi connectivity index (χ0) is 27.3. The van der Waals surface area contributed by atoms with E-state index >= 15 is 0 Å². The molecule has 2 heterocycles. The lowest BCUT2D eigenvalue weighted by Gasteiger charge is -2.41. The highest BCUT2D eigenvalue weighted by Crippen LogP contribution is 2.40. The highest BCUT2D eigenvalue weighted by Gasteiger charge is 2.34. The Morgan fingerprint density at radius 1 is 1.08 bits per heavy atom. The second-order valence-electron chi connectivity index (χ2n) is 10.3. The second kappa shape index (κ2) is 12.4. The highest BCUT2D eigenvalue weighted by molar-refractivity contribution is 5.85. The summed E-state index contributed by atoms with van der Waals surface area (Å²) in [7, 11) is 1.57. The molecule has 1 atom stereocenters. The molecule has 1 aromatic heterocycles. The first-order chi connectivity index (χ1) is 18.3. The average Bonchev–Trinajstić information content (AvgIpc) is 2.94. The first-order valence-corrected chi connectivity index (χ1v) is 13.0. The van der Waals surface area contributed by atoms with E-state index in [2.05, 4.69) is 9.88 Å². The number of benzene rings is 2. The molecule has 1 aliphatic rings. The van der Waals surface area contributed by atoms with Gasteiger partial charge in [-0.05, 0) is 105 Å². The van der Waals surface area contributed by atoms with Gasteiger partial charge in [0.2, 0.25) is 0 Å². The molecule has 206 valence electrons. The summed E-state index contributed by atoms with van der Waals surface area (Å²) in [6, 6.07) is 7.52. The molecule has 1 fully saturated rings. The van der Waals surface area contributed by atoms with Gasteiger partial charge < -0.3 is 25.0 Å². The van der Waals surface area contributed by atoms with Crippen LogP contribution < -0.4 is 4.74 Å². The Bertz CT molecular complexity index is 1220. The van der Waals surface area contributed by atoms with Gasteiger partial charge in [0.25, 0.3) is 0 Å². The number of pyridine rings is 1. The van der Waals surface area contributed by atoms with Gasteiger partial charge in [-0.3, -0.25) is 4.98 Å². The summed E-state index contributed by atoms with van der Waals surface area (Å²) in [5.74, 6) is -3.15. The summed E-state index contributed by atoms with van der Waals surface area (Å²) in [6.45, 7) is 2.03. The maximum atomic E-state index is 13.4. The van der Waals surface area contributed by atoms with E-state index in [-0.39, 0.29) is 18.6 Å². The SMILES string of the molecule is COc1ccc2ncc(CO)c(C(O)CCC3(CO)CCN(CCCc4cc(F)c(F)c(F)c4)CC3)c2c1. The highest BCUT2D eigenvalue weighted by atomic mass is 19.2. The van der Waals surface area contributed by atoms with E-state index in [1.54, 1.807) is 19.4 Å². The fourth-order valence-electron chi connectivity index (χ4n) is 5.46. The predicted octanol–water partition coefficient (Wildman–Crippen LogP) is 4.67. The molecule has 0 aliphatic carbocycles. The van der Waals surface area contributed by atoms with Crippen molar-refractivity contribution in [3.8, 4) is 5.75 Å². The van der Waals surface area contributed by atoms with Crippen LogP contribution in [0.4, 0.5) is 13.2 Å². The Hall–Kier alpha value is -2.72. The number of methoxy groups -OCH3 is 1. The Morgan fingerprint density at radius 2 is 1.79 bits per heavy atom. The van der Waals surface area contributed by atoms with Crippen LogP contribution in [0.5, 0.6) is 5.75 Å². The number of aliphatic hydroxyl groups is 3. The first kappa shape index (κ1) is 28.3. The molecule has 3 aromatic rings. The summed E-state index contributed by atoms with van der Waals surface area (Å²) in [6.07, 6.45) is 4.42. The maximum Gasteiger partial charge on any atom is 0.194 e. The zero-order valence-corrected chi connectivity index (χ0v) is 21.6. The number of aryl methyl sites for hydroxylation is 1. The molecular formula is C29H35F3N2O4. The van der Waals surface area contributed by atoms with Crippen molar-refractivity contribution >= 4 is 10.9 Å². The van der Waals surface area contributed by atoms with Crippen molar-refractivity contribution < 1.29 is 33.2 Å². The fraction of sp³-hybridized carbons (Fsp3) is 0.483. The lowest BCUT2D eigenvalue weighted by molar-refractivity contribution is 0.0232. The third kappa shape index (κ3) is 6.29. The van der Waals surface area contributed by atoms with E-state index in [4.69, 9.17) is 4.74 Å². The van der Waals surface area contributed by atoms with Crippen molar-refractivity contribution in [3.63, 3.8) is 0 Å².